The van der Waals surface area contributed by atoms with Gasteiger partial charge >= 0.3 is 6.03 Å². The number of sulfonamides is 1. The van der Waals surface area contributed by atoms with E-state index in [9.17, 15) is 27.1 Å². The van der Waals surface area contributed by atoms with Gasteiger partial charge in [0.2, 0.25) is 0 Å². The van der Waals surface area contributed by atoms with Gasteiger partial charge in [0.1, 0.15) is 6.17 Å². The number of urea groups is 1. The van der Waals surface area contributed by atoms with Crippen molar-refractivity contribution in [1.29, 1.82) is 0 Å². The minimum absolute atomic E-state index is 0.0434. The van der Waals surface area contributed by atoms with Crippen LogP contribution in [0.25, 0.3) is 0 Å². The molecule has 4 aliphatic rings. The van der Waals surface area contributed by atoms with Crippen LogP contribution in [0, 0.1) is 52.3 Å². The van der Waals surface area contributed by atoms with Crippen molar-refractivity contribution in [2.75, 3.05) is 13.2 Å². The summed E-state index contributed by atoms with van der Waals surface area (Å²) in [4.78, 5) is 12.6. The zero-order chi connectivity index (χ0) is 32.9. The number of amides is 2. The van der Waals surface area contributed by atoms with Crippen LogP contribution in [0.15, 0.2) is 29.2 Å². The van der Waals surface area contributed by atoms with E-state index in [-0.39, 0.29) is 39.6 Å². The minimum atomic E-state index is -4.06. The summed E-state index contributed by atoms with van der Waals surface area (Å²) < 4.78 is 55.7. The molecule has 0 aromatic heterocycles. The lowest BCUT2D eigenvalue weighted by molar-refractivity contribution is -0.199. The summed E-state index contributed by atoms with van der Waals surface area (Å²) in [7, 11) is -4.06. The van der Waals surface area contributed by atoms with Crippen molar-refractivity contribution < 1.29 is 27.1 Å². The fraction of sp³-hybridized carbons (Fsp3) is 0.806. The van der Waals surface area contributed by atoms with Gasteiger partial charge in [-0.1, -0.05) is 60.1 Å². The highest BCUT2D eigenvalue weighted by Gasteiger charge is 2.65. The van der Waals surface area contributed by atoms with Gasteiger partial charge in [0.25, 0.3) is 10.0 Å². The Hall–Kier alpha value is -1.74. The van der Waals surface area contributed by atoms with E-state index in [0.29, 0.717) is 48.6 Å². The second-order valence-corrected chi connectivity index (χ2v) is 17.9. The molecule has 45 heavy (non-hydrogen) atoms. The molecule has 0 spiro atoms. The number of carbonyl (C=O) groups is 1. The largest absolute Gasteiger partial charge is 0.393 e. The molecule has 4 fully saturated rings. The number of alkyl halides is 2. The van der Waals surface area contributed by atoms with Crippen molar-refractivity contribution in [2.45, 2.75) is 122 Å². The van der Waals surface area contributed by atoms with Gasteiger partial charge in [-0.15, -0.1) is 0 Å². The quantitative estimate of drug-likeness (QED) is 0.257. The molecule has 0 unspecified atom stereocenters. The summed E-state index contributed by atoms with van der Waals surface area (Å²) in [5, 5.41) is 14.6. The fourth-order valence-electron chi connectivity index (χ4n) is 10.9. The molecule has 1 aromatic carbocycles. The van der Waals surface area contributed by atoms with Gasteiger partial charge < -0.3 is 10.4 Å². The van der Waals surface area contributed by atoms with Crippen molar-refractivity contribution in [2.24, 2.45) is 52.3 Å². The van der Waals surface area contributed by atoms with E-state index in [4.69, 9.17) is 0 Å². The Morgan fingerprint density at radius 3 is 2.33 bits per heavy atom. The Morgan fingerprint density at radius 2 is 1.69 bits per heavy atom. The van der Waals surface area contributed by atoms with Crippen LogP contribution in [0.1, 0.15) is 105 Å². The summed E-state index contributed by atoms with van der Waals surface area (Å²) >= 11 is 0. The maximum Gasteiger partial charge on any atom is 0.328 e. The van der Waals surface area contributed by atoms with Crippen LogP contribution in [-0.2, 0) is 15.4 Å². The molecule has 0 saturated heterocycles. The smallest absolute Gasteiger partial charge is 0.328 e. The van der Waals surface area contributed by atoms with E-state index in [2.05, 4.69) is 37.7 Å². The molecule has 11 atom stereocenters. The highest BCUT2D eigenvalue weighted by atomic mass is 32.2. The molecule has 1 aromatic rings. The van der Waals surface area contributed by atoms with Crippen LogP contribution in [0.5, 0.6) is 0 Å². The lowest BCUT2D eigenvalue weighted by Crippen LogP contribution is -2.62. The Labute approximate surface area is 270 Å². The summed E-state index contributed by atoms with van der Waals surface area (Å²) in [5.74, 6) is 2.35. The van der Waals surface area contributed by atoms with Gasteiger partial charge in [0, 0.05) is 12.0 Å². The fourth-order valence-corrected chi connectivity index (χ4v) is 11.8. The number of halogens is 2. The number of benzene rings is 1. The summed E-state index contributed by atoms with van der Waals surface area (Å²) in [6.07, 6.45) is 7.09. The Kier molecular flexibility index (Phi) is 9.76. The van der Waals surface area contributed by atoms with Gasteiger partial charge in [0.05, 0.1) is 17.7 Å². The second-order valence-electron chi connectivity index (χ2n) is 16.2. The van der Waals surface area contributed by atoms with E-state index >= 15 is 0 Å². The van der Waals surface area contributed by atoms with Crippen LogP contribution in [0.3, 0.4) is 0 Å². The molecule has 3 N–H and O–H groups in total. The molecule has 5 rings (SSSR count). The highest BCUT2D eigenvalue weighted by molar-refractivity contribution is 7.90. The number of aliphatic hydroxyl groups excluding tert-OH is 1. The third kappa shape index (κ3) is 6.18. The number of hydrogen-bond acceptors (Lipinski definition) is 4. The predicted octanol–water partition coefficient (Wildman–Crippen LogP) is 7.55. The Morgan fingerprint density at radius 1 is 1.04 bits per heavy atom. The standard InChI is InChI=1S/C36H56F2N2O4S/c1-7-26-30-20-24(38)14-17-36(30,6)29-15-18-35(5)27(12-13-28(35)31(29)32(26)41)22(2)16-19-39-33(42)40-45(43,44)25-10-8-23(9-11-25)34(3,4)21-37/h8-11,22,24,26-32,41H,7,12-21H2,1-6H3,(H2,39,40,42)/t22-,24+,26-,27-,28+,29+,30+,31+,32-,35-,36-/m1/s1. The normalized spacial score (nSPS) is 38.9. The Bertz CT molecular complexity index is 1320. The van der Waals surface area contributed by atoms with E-state index < -0.39 is 34.3 Å². The summed E-state index contributed by atoms with van der Waals surface area (Å²) in [6, 6.07) is 5.20. The van der Waals surface area contributed by atoms with Crippen molar-refractivity contribution in [1.82, 2.24) is 10.0 Å². The number of carbonyl (C=O) groups excluding carboxylic acids is 1. The molecule has 0 radical (unpaired) electrons. The van der Waals surface area contributed by atoms with Gasteiger partial charge in [-0.3, -0.25) is 4.39 Å². The van der Waals surface area contributed by atoms with Crippen molar-refractivity contribution >= 4 is 16.1 Å². The highest BCUT2D eigenvalue weighted by Crippen LogP contribution is 2.69. The molecule has 9 heteroatoms. The molecule has 2 amide bonds. The topological polar surface area (TPSA) is 95.5 Å². The molecule has 0 heterocycles. The molecule has 254 valence electrons. The molecule has 0 aliphatic heterocycles. The molecule has 4 aliphatic carbocycles. The maximum atomic E-state index is 14.6. The molecule has 4 saturated carbocycles. The van der Waals surface area contributed by atoms with Crippen molar-refractivity contribution in [3.8, 4) is 0 Å². The van der Waals surface area contributed by atoms with E-state index in [1.54, 1.807) is 26.0 Å². The minimum Gasteiger partial charge on any atom is -0.393 e. The summed E-state index contributed by atoms with van der Waals surface area (Å²) in [6.45, 7) is 12.5. The van der Waals surface area contributed by atoms with E-state index in [1.165, 1.54) is 12.1 Å². The zero-order valence-electron chi connectivity index (χ0n) is 28.1. The lowest BCUT2D eigenvalue weighted by Gasteiger charge is -2.64. The van der Waals surface area contributed by atoms with E-state index in [0.717, 1.165) is 44.9 Å². The number of nitrogens with one attached hydrogen (secondary N) is 2. The first-order valence-corrected chi connectivity index (χ1v) is 18.9. The van der Waals surface area contributed by atoms with Gasteiger partial charge in [-0.05, 0) is 121 Å². The van der Waals surface area contributed by atoms with Gasteiger partial charge in [-0.2, -0.15) is 0 Å². The van der Waals surface area contributed by atoms with Crippen LogP contribution in [0.4, 0.5) is 13.6 Å². The van der Waals surface area contributed by atoms with Crippen molar-refractivity contribution in [3.05, 3.63) is 29.8 Å². The van der Waals surface area contributed by atoms with Crippen molar-refractivity contribution in [3.63, 3.8) is 0 Å². The molecule has 6 nitrogen and oxygen atoms in total. The van der Waals surface area contributed by atoms with Gasteiger partial charge in [-0.25, -0.2) is 22.3 Å². The van der Waals surface area contributed by atoms with Crippen LogP contribution < -0.4 is 10.0 Å². The zero-order valence-corrected chi connectivity index (χ0v) is 28.9. The molecule has 0 bridgehead atoms. The third-order valence-corrected chi connectivity index (χ3v) is 14.9. The maximum absolute atomic E-state index is 14.6. The first kappa shape index (κ1) is 34.6. The predicted molar refractivity (Wildman–Crippen MR) is 174 cm³/mol. The second kappa shape index (κ2) is 12.7. The first-order chi connectivity index (χ1) is 21.1. The summed E-state index contributed by atoms with van der Waals surface area (Å²) in [5.41, 5.74) is 0.173. The van der Waals surface area contributed by atoms with Gasteiger partial charge in [0.15, 0.2) is 0 Å². The monoisotopic (exact) mass is 650 g/mol. The average Bonchev–Trinajstić information content (AvgIpc) is 3.35. The molecular weight excluding hydrogens is 594 g/mol. The SMILES string of the molecule is CC[C@H]1[C@@H](O)[C@@H]2[C@H](CC[C@]3(C)[C@@H]([C@H](C)CCNC(=O)NS(=O)(=O)c4ccc(C(C)(C)CF)cc4)CC[C@@H]23)[C@@]2(C)CC[C@H](F)C[C@@H]12. The van der Waals surface area contributed by atoms with Crippen LogP contribution in [0.2, 0.25) is 0 Å². The van der Waals surface area contributed by atoms with E-state index in [1.807, 2.05) is 0 Å². The number of hydrogen-bond donors (Lipinski definition) is 3. The number of aliphatic hydroxyl groups is 1. The Balaban J connectivity index is 1.19. The lowest BCUT2D eigenvalue weighted by atomic mass is 9.41. The third-order valence-electron chi connectivity index (χ3n) is 13.5. The van der Waals surface area contributed by atoms with Crippen LogP contribution >= 0.6 is 0 Å². The average molecular weight is 651 g/mol. The first-order valence-electron chi connectivity index (χ1n) is 17.4. The number of fused-ring (bicyclic) bond motifs is 5. The van der Waals surface area contributed by atoms with Crippen LogP contribution in [-0.4, -0.2) is 45.1 Å². The number of rotatable bonds is 9. The molecular formula is C36H56F2N2O4S.